The predicted octanol–water partition coefficient (Wildman–Crippen LogP) is 3.10. The van der Waals surface area contributed by atoms with Crippen molar-refractivity contribution >= 4 is 6.29 Å². The van der Waals surface area contributed by atoms with E-state index in [0.717, 1.165) is 19.1 Å². The van der Waals surface area contributed by atoms with Crippen molar-refractivity contribution in [3.05, 3.63) is 11.6 Å². The second-order valence-electron chi connectivity index (χ2n) is 2.77. The minimum Gasteiger partial charge on any atom is -0.299 e. The Hall–Kier alpha value is -0.590. The van der Waals surface area contributed by atoms with Crippen molar-refractivity contribution < 1.29 is 4.79 Å². The van der Waals surface area contributed by atoms with Crippen LogP contribution in [0, 0.1) is 0 Å². The highest BCUT2D eigenvalue weighted by Crippen LogP contribution is 2.10. The van der Waals surface area contributed by atoms with Gasteiger partial charge < -0.3 is 0 Å². The largest absolute Gasteiger partial charge is 0.299 e. The van der Waals surface area contributed by atoms with E-state index < -0.39 is 0 Å². The van der Waals surface area contributed by atoms with Crippen LogP contribution in [0.1, 0.15) is 46.0 Å². The van der Waals surface area contributed by atoms with Crippen LogP contribution in [0.4, 0.5) is 0 Å². The molecule has 0 aromatic heterocycles. The zero-order chi connectivity index (χ0) is 8.53. The SMILES string of the molecule is CCCCCC(=CC=O)CC. The van der Waals surface area contributed by atoms with Crippen LogP contribution in [-0.2, 0) is 4.79 Å². The second-order valence-corrected chi connectivity index (χ2v) is 2.77. The summed E-state index contributed by atoms with van der Waals surface area (Å²) in [6.45, 7) is 4.29. The molecule has 0 aliphatic rings. The highest BCUT2D eigenvalue weighted by Gasteiger charge is 1.92. The number of rotatable bonds is 6. The van der Waals surface area contributed by atoms with Crippen molar-refractivity contribution in [1.82, 2.24) is 0 Å². The van der Waals surface area contributed by atoms with Crippen LogP contribution in [0.2, 0.25) is 0 Å². The minimum atomic E-state index is 0.894. The smallest absolute Gasteiger partial charge is 0.142 e. The summed E-state index contributed by atoms with van der Waals surface area (Å²) in [5.74, 6) is 0. The summed E-state index contributed by atoms with van der Waals surface area (Å²) in [6, 6.07) is 0. The topological polar surface area (TPSA) is 17.1 Å². The lowest BCUT2D eigenvalue weighted by atomic mass is 10.1. The molecule has 0 bridgehead atoms. The predicted molar refractivity (Wildman–Crippen MR) is 48.6 cm³/mol. The van der Waals surface area contributed by atoms with Crippen LogP contribution < -0.4 is 0 Å². The summed E-state index contributed by atoms with van der Waals surface area (Å²) in [4.78, 5) is 10.1. The number of carbonyl (C=O) groups is 1. The molecule has 0 saturated heterocycles. The first-order valence-electron chi connectivity index (χ1n) is 4.48. The van der Waals surface area contributed by atoms with Crippen LogP contribution in [0.25, 0.3) is 0 Å². The van der Waals surface area contributed by atoms with Crippen molar-refractivity contribution in [3.8, 4) is 0 Å². The van der Waals surface area contributed by atoms with E-state index in [1.165, 1.54) is 24.8 Å². The summed E-state index contributed by atoms with van der Waals surface area (Å²) in [7, 11) is 0. The van der Waals surface area contributed by atoms with Gasteiger partial charge in [-0.3, -0.25) is 4.79 Å². The normalized spacial score (nSPS) is 11.6. The van der Waals surface area contributed by atoms with Crippen LogP contribution in [-0.4, -0.2) is 6.29 Å². The Morgan fingerprint density at radius 3 is 2.45 bits per heavy atom. The molecule has 64 valence electrons. The monoisotopic (exact) mass is 154 g/mol. The van der Waals surface area contributed by atoms with Crippen molar-refractivity contribution in [2.24, 2.45) is 0 Å². The van der Waals surface area contributed by atoms with Gasteiger partial charge in [0.2, 0.25) is 0 Å². The lowest BCUT2D eigenvalue weighted by molar-refractivity contribution is -0.104. The van der Waals surface area contributed by atoms with Gasteiger partial charge in [-0.05, 0) is 25.3 Å². The zero-order valence-corrected chi connectivity index (χ0v) is 7.60. The van der Waals surface area contributed by atoms with Gasteiger partial charge in [-0.2, -0.15) is 0 Å². The molecular formula is C10H18O. The van der Waals surface area contributed by atoms with Crippen molar-refractivity contribution in [1.29, 1.82) is 0 Å². The average Bonchev–Trinajstić information content (AvgIpc) is 2.03. The molecule has 11 heavy (non-hydrogen) atoms. The van der Waals surface area contributed by atoms with E-state index in [9.17, 15) is 4.79 Å². The Morgan fingerprint density at radius 2 is 2.00 bits per heavy atom. The second kappa shape index (κ2) is 7.52. The first-order chi connectivity index (χ1) is 5.35. The molecular weight excluding hydrogens is 136 g/mol. The van der Waals surface area contributed by atoms with Gasteiger partial charge in [0.05, 0.1) is 0 Å². The molecule has 0 spiro atoms. The molecule has 0 aromatic rings. The maximum absolute atomic E-state index is 10.1. The quantitative estimate of drug-likeness (QED) is 0.326. The molecule has 0 aromatic carbocycles. The summed E-state index contributed by atoms with van der Waals surface area (Å²) in [5.41, 5.74) is 1.29. The van der Waals surface area contributed by atoms with Gasteiger partial charge in [-0.25, -0.2) is 0 Å². The zero-order valence-electron chi connectivity index (χ0n) is 7.60. The van der Waals surface area contributed by atoms with E-state index in [1.54, 1.807) is 6.08 Å². The Morgan fingerprint density at radius 1 is 1.27 bits per heavy atom. The Labute approximate surface area is 69.5 Å². The number of carbonyl (C=O) groups excluding carboxylic acids is 1. The Balaban J connectivity index is 3.52. The lowest BCUT2D eigenvalue weighted by Crippen LogP contribution is -1.83. The van der Waals surface area contributed by atoms with E-state index >= 15 is 0 Å². The molecule has 0 fully saturated rings. The third-order valence-corrected chi connectivity index (χ3v) is 1.86. The van der Waals surface area contributed by atoms with E-state index in [0.29, 0.717) is 0 Å². The number of hydrogen-bond donors (Lipinski definition) is 0. The van der Waals surface area contributed by atoms with E-state index in [1.807, 2.05) is 0 Å². The summed E-state index contributed by atoms with van der Waals surface area (Å²) in [5, 5.41) is 0. The lowest BCUT2D eigenvalue weighted by Gasteiger charge is -2.00. The van der Waals surface area contributed by atoms with Crippen LogP contribution in [0.15, 0.2) is 11.6 Å². The number of unbranched alkanes of at least 4 members (excludes halogenated alkanes) is 2. The van der Waals surface area contributed by atoms with Gasteiger partial charge in [-0.15, -0.1) is 0 Å². The van der Waals surface area contributed by atoms with Crippen molar-refractivity contribution in [2.45, 2.75) is 46.0 Å². The molecule has 0 N–H and O–H groups in total. The maximum atomic E-state index is 10.1. The molecule has 0 amide bonds. The molecule has 1 heteroatoms. The van der Waals surface area contributed by atoms with Crippen molar-refractivity contribution in [3.63, 3.8) is 0 Å². The van der Waals surface area contributed by atoms with Gasteiger partial charge >= 0.3 is 0 Å². The third-order valence-electron chi connectivity index (χ3n) is 1.86. The van der Waals surface area contributed by atoms with Crippen LogP contribution >= 0.6 is 0 Å². The fraction of sp³-hybridized carbons (Fsp3) is 0.700. The molecule has 1 nitrogen and oxygen atoms in total. The molecule has 0 heterocycles. The molecule has 0 saturated carbocycles. The van der Waals surface area contributed by atoms with Gasteiger partial charge in [0, 0.05) is 0 Å². The minimum absolute atomic E-state index is 0.894. The van der Waals surface area contributed by atoms with Gasteiger partial charge in [0.15, 0.2) is 0 Å². The average molecular weight is 154 g/mol. The van der Waals surface area contributed by atoms with Gasteiger partial charge in [0.25, 0.3) is 0 Å². The standard InChI is InChI=1S/C10H18O/c1-3-5-6-7-10(4-2)8-9-11/h8-9H,3-7H2,1-2H3. The number of aldehydes is 1. The highest BCUT2D eigenvalue weighted by atomic mass is 16.1. The fourth-order valence-electron chi connectivity index (χ4n) is 1.08. The van der Waals surface area contributed by atoms with E-state index in [2.05, 4.69) is 13.8 Å². The Bertz CT molecular complexity index is 125. The highest BCUT2D eigenvalue weighted by molar-refractivity contribution is 5.66. The molecule has 0 rings (SSSR count). The van der Waals surface area contributed by atoms with E-state index in [-0.39, 0.29) is 0 Å². The summed E-state index contributed by atoms with van der Waals surface area (Å²) < 4.78 is 0. The van der Waals surface area contributed by atoms with E-state index in [4.69, 9.17) is 0 Å². The van der Waals surface area contributed by atoms with Crippen molar-refractivity contribution in [2.75, 3.05) is 0 Å². The van der Waals surface area contributed by atoms with Gasteiger partial charge in [0.1, 0.15) is 6.29 Å². The molecule has 0 radical (unpaired) electrons. The molecule has 0 unspecified atom stereocenters. The summed E-state index contributed by atoms with van der Waals surface area (Å²) >= 11 is 0. The number of allylic oxidation sites excluding steroid dienone is 2. The maximum Gasteiger partial charge on any atom is 0.142 e. The first kappa shape index (κ1) is 10.4. The molecule has 0 atom stereocenters. The number of hydrogen-bond acceptors (Lipinski definition) is 1. The van der Waals surface area contributed by atoms with Gasteiger partial charge in [-0.1, -0.05) is 32.3 Å². The van der Waals surface area contributed by atoms with Crippen LogP contribution in [0.3, 0.4) is 0 Å². The fourth-order valence-corrected chi connectivity index (χ4v) is 1.08. The first-order valence-corrected chi connectivity index (χ1v) is 4.48. The third kappa shape index (κ3) is 5.84. The molecule has 0 aliphatic heterocycles. The Kier molecular flexibility index (Phi) is 7.11. The van der Waals surface area contributed by atoms with Crippen LogP contribution in [0.5, 0.6) is 0 Å². The molecule has 0 aliphatic carbocycles. The summed E-state index contributed by atoms with van der Waals surface area (Å²) in [6.07, 6.45) is 8.46.